The molecule has 3 aliphatic rings. The van der Waals surface area contributed by atoms with Crippen LogP contribution in [0.5, 0.6) is 0 Å². The van der Waals surface area contributed by atoms with Crippen molar-refractivity contribution >= 4 is 0 Å². The number of likely N-dealkylation sites (tertiary alicyclic amines) is 1. The van der Waals surface area contributed by atoms with E-state index in [1.165, 1.54) is 64.6 Å². The van der Waals surface area contributed by atoms with Gasteiger partial charge < -0.3 is 10.1 Å². The molecule has 1 saturated carbocycles. The molecule has 3 nitrogen and oxygen atoms in total. The first-order chi connectivity index (χ1) is 8.92. The zero-order valence-corrected chi connectivity index (χ0v) is 11.6. The second-order valence-electron chi connectivity index (χ2n) is 6.38. The maximum Gasteiger partial charge on any atom is 0.0469 e. The van der Waals surface area contributed by atoms with Crippen molar-refractivity contribution in [1.29, 1.82) is 0 Å². The van der Waals surface area contributed by atoms with Crippen LogP contribution in [0.1, 0.15) is 44.9 Å². The van der Waals surface area contributed by atoms with E-state index in [1.807, 2.05) is 0 Å². The van der Waals surface area contributed by atoms with E-state index in [0.717, 1.165) is 31.2 Å². The number of ether oxygens (including phenoxy) is 1. The molecule has 1 unspecified atom stereocenters. The van der Waals surface area contributed by atoms with Crippen molar-refractivity contribution in [3.8, 4) is 0 Å². The van der Waals surface area contributed by atoms with Gasteiger partial charge >= 0.3 is 0 Å². The lowest BCUT2D eigenvalue weighted by Gasteiger charge is -2.39. The van der Waals surface area contributed by atoms with Crippen molar-refractivity contribution in [2.45, 2.75) is 57.0 Å². The summed E-state index contributed by atoms with van der Waals surface area (Å²) < 4.78 is 5.47. The smallest absolute Gasteiger partial charge is 0.0469 e. The van der Waals surface area contributed by atoms with E-state index < -0.39 is 0 Å². The Morgan fingerprint density at radius 2 is 1.83 bits per heavy atom. The lowest BCUT2D eigenvalue weighted by molar-refractivity contribution is 0.0384. The van der Waals surface area contributed by atoms with Gasteiger partial charge in [-0.1, -0.05) is 6.42 Å². The normalized spacial score (nSPS) is 31.7. The maximum absolute atomic E-state index is 5.47. The van der Waals surface area contributed by atoms with Gasteiger partial charge in [-0.3, -0.25) is 4.90 Å². The molecule has 0 aromatic heterocycles. The topological polar surface area (TPSA) is 24.5 Å². The Hall–Kier alpha value is -0.120. The monoisotopic (exact) mass is 252 g/mol. The van der Waals surface area contributed by atoms with Crippen LogP contribution in [-0.4, -0.2) is 49.8 Å². The van der Waals surface area contributed by atoms with E-state index in [1.54, 1.807) is 0 Å². The molecule has 0 amide bonds. The molecule has 0 aromatic rings. The first-order valence-electron chi connectivity index (χ1n) is 7.97. The number of nitrogens with zero attached hydrogens (tertiary/aromatic N) is 1. The Bertz CT molecular complexity index is 249. The Balaban J connectivity index is 1.46. The van der Waals surface area contributed by atoms with Gasteiger partial charge in [0.05, 0.1) is 0 Å². The summed E-state index contributed by atoms with van der Waals surface area (Å²) in [5, 5.41) is 3.73. The summed E-state index contributed by atoms with van der Waals surface area (Å²) in [4.78, 5) is 2.77. The summed E-state index contributed by atoms with van der Waals surface area (Å²) in [6, 6.07) is 1.67. The number of rotatable bonds is 5. The minimum atomic E-state index is 0.808. The highest BCUT2D eigenvalue weighted by molar-refractivity contribution is 4.86. The molecular weight excluding hydrogens is 224 g/mol. The second-order valence-corrected chi connectivity index (χ2v) is 6.38. The second kappa shape index (κ2) is 6.36. The van der Waals surface area contributed by atoms with Crippen molar-refractivity contribution in [1.82, 2.24) is 10.2 Å². The first kappa shape index (κ1) is 12.9. The Morgan fingerprint density at radius 3 is 2.61 bits per heavy atom. The summed E-state index contributed by atoms with van der Waals surface area (Å²) in [6.45, 7) is 5.86. The highest BCUT2D eigenvalue weighted by atomic mass is 16.5. The van der Waals surface area contributed by atoms with Gasteiger partial charge in [-0.05, 0) is 51.0 Å². The number of piperidine rings is 1. The van der Waals surface area contributed by atoms with Crippen molar-refractivity contribution in [2.75, 3.05) is 32.8 Å². The predicted octanol–water partition coefficient (Wildman–Crippen LogP) is 2.02. The summed E-state index contributed by atoms with van der Waals surface area (Å²) in [5.41, 5.74) is 0. The number of nitrogens with one attached hydrogen (secondary N) is 1. The van der Waals surface area contributed by atoms with Crippen molar-refractivity contribution in [2.24, 2.45) is 5.92 Å². The molecule has 0 bridgehead atoms. The van der Waals surface area contributed by atoms with Crippen LogP contribution in [0.4, 0.5) is 0 Å². The molecule has 18 heavy (non-hydrogen) atoms. The average molecular weight is 252 g/mol. The van der Waals surface area contributed by atoms with Crippen molar-refractivity contribution in [3.05, 3.63) is 0 Å². The van der Waals surface area contributed by atoms with Crippen molar-refractivity contribution < 1.29 is 4.74 Å². The van der Waals surface area contributed by atoms with Gasteiger partial charge in [0.15, 0.2) is 0 Å². The van der Waals surface area contributed by atoms with Gasteiger partial charge in [-0.2, -0.15) is 0 Å². The van der Waals surface area contributed by atoms with Crippen LogP contribution < -0.4 is 5.32 Å². The van der Waals surface area contributed by atoms with Gasteiger partial charge in [0, 0.05) is 38.4 Å². The van der Waals surface area contributed by atoms with E-state index in [0.29, 0.717) is 0 Å². The molecule has 2 heterocycles. The minimum absolute atomic E-state index is 0.808. The summed E-state index contributed by atoms with van der Waals surface area (Å²) >= 11 is 0. The summed E-state index contributed by atoms with van der Waals surface area (Å²) in [5.74, 6) is 0.889. The Labute approximate surface area is 111 Å². The molecule has 2 saturated heterocycles. The third-order valence-corrected chi connectivity index (χ3v) is 4.80. The molecule has 1 atom stereocenters. The quantitative estimate of drug-likeness (QED) is 0.810. The fourth-order valence-corrected chi connectivity index (χ4v) is 3.38. The molecule has 0 aromatic carbocycles. The molecule has 3 rings (SSSR count). The summed E-state index contributed by atoms with van der Waals surface area (Å²) in [7, 11) is 0. The Kier molecular flexibility index (Phi) is 4.55. The molecule has 104 valence electrons. The lowest BCUT2D eigenvalue weighted by atomic mass is 9.95. The van der Waals surface area contributed by atoms with Crippen LogP contribution in [0.2, 0.25) is 0 Å². The SMILES string of the molecule is C1CCN(CC2CCOCC2)C(CNC2CC2)C1. The van der Waals surface area contributed by atoms with Gasteiger partial charge in [-0.15, -0.1) is 0 Å². The summed E-state index contributed by atoms with van der Waals surface area (Å²) in [6.07, 6.45) is 9.62. The standard InChI is InChI=1S/C15H28N2O/c1-2-8-17(12-13-6-9-18-10-7-13)15(3-1)11-16-14-4-5-14/h13-16H,1-12H2. The number of hydrogen-bond acceptors (Lipinski definition) is 3. The predicted molar refractivity (Wildman–Crippen MR) is 73.8 cm³/mol. The van der Waals surface area contributed by atoms with Gasteiger partial charge in [0.1, 0.15) is 0 Å². The minimum Gasteiger partial charge on any atom is -0.381 e. The molecule has 1 aliphatic carbocycles. The van der Waals surface area contributed by atoms with E-state index in [2.05, 4.69) is 10.2 Å². The van der Waals surface area contributed by atoms with Gasteiger partial charge in [0.2, 0.25) is 0 Å². The van der Waals surface area contributed by atoms with Crippen LogP contribution in [0.3, 0.4) is 0 Å². The highest BCUT2D eigenvalue weighted by Crippen LogP contribution is 2.24. The van der Waals surface area contributed by atoms with Crippen LogP contribution in [0.25, 0.3) is 0 Å². The fourth-order valence-electron chi connectivity index (χ4n) is 3.38. The molecule has 3 heteroatoms. The fraction of sp³-hybridized carbons (Fsp3) is 1.00. The molecule has 0 radical (unpaired) electrons. The third-order valence-electron chi connectivity index (χ3n) is 4.80. The largest absolute Gasteiger partial charge is 0.381 e. The van der Waals surface area contributed by atoms with Crippen LogP contribution in [0.15, 0.2) is 0 Å². The van der Waals surface area contributed by atoms with Crippen LogP contribution in [-0.2, 0) is 4.74 Å². The molecular formula is C15H28N2O. The van der Waals surface area contributed by atoms with Crippen molar-refractivity contribution in [3.63, 3.8) is 0 Å². The number of hydrogen-bond donors (Lipinski definition) is 1. The molecule has 3 fully saturated rings. The van der Waals surface area contributed by atoms with Gasteiger partial charge in [0.25, 0.3) is 0 Å². The highest BCUT2D eigenvalue weighted by Gasteiger charge is 2.28. The van der Waals surface area contributed by atoms with Crippen LogP contribution in [0, 0.1) is 5.92 Å². The van der Waals surface area contributed by atoms with E-state index in [-0.39, 0.29) is 0 Å². The zero-order chi connectivity index (χ0) is 12.2. The molecule has 2 aliphatic heterocycles. The van der Waals surface area contributed by atoms with E-state index >= 15 is 0 Å². The first-order valence-corrected chi connectivity index (χ1v) is 7.97. The van der Waals surface area contributed by atoms with E-state index in [4.69, 9.17) is 4.74 Å². The lowest BCUT2D eigenvalue weighted by Crippen LogP contribution is -2.48. The third kappa shape index (κ3) is 3.69. The average Bonchev–Trinajstić information content (AvgIpc) is 3.23. The maximum atomic E-state index is 5.47. The Morgan fingerprint density at radius 1 is 1.00 bits per heavy atom. The zero-order valence-electron chi connectivity index (χ0n) is 11.6. The molecule has 0 spiro atoms. The molecule has 1 N–H and O–H groups in total. The van der Waals surface area contributed by atoms with E-state index in [9.17, 15) is 0 Å². The van der Waals surface area contributed by atoms with Crippen LogP contribution >= 0.6 is 0 Å². The van der Waals surface area contributed by atoms with Gasteiger partial charge in [-0.25, -0.2) is 0 Å².